The Morgan fingerprint density at radius 1 is 1.17 bits per heavy atom. The number of rotatable bonds is 7. The number of hydrogen-bond acceptors (Lipinski definition) is 4. The summed E-state index contributed by atoms with van der Waals surface area (Å²) in [5, 5.41) is 0.574. The molecule has 1 atom stereocenters. The first-order chi connectivity index (χ1) is 14.3. The van der Waals surface area contributed by atoms with Crippen molar-refractivity contribution in [1.29, 1.82) is 0 Å². The first kappa shape index (κ1) is 21.6. The number of carbonyl (C=O) groups excluding carboxylic acids is 1. The second-order valence-electron chi connectivity index (χ2n) is 7.30. The van der Waals surface area contributed by atoms with Crippen LogP contribution in [-0.2, 0) is 4.79 Å². The van der Waals surface area contributed by atoms with Crippen molar-refractivity contribution < 1.29 is 18.3 Å². The number of carbonyl (C=O) groups is 1. The van der Waals surface area contributed by atoms with Gasteiger partial charge in [-0.25, -0.2) is 9.18 Å². The number of nitrogens with zero attached hydrogens (tertiary/aromatic N) is 1. The molecule has 30 heavy (non-hydrogen) atoms. The van der Waals surface area contributed by atoms with Gasteiger partial charge in [0.25, 0.3) is 5.91 Å². The van der Waals surface area contributed by atoms with Crippen LogP contribution in [0, 0.1) is 12.7 Å². The van der Waals surface area contributed by atoms with Crippen molar-refractivity contribution in [2.75, 3.05) is 13.1 Å². The highest BCUT2D eigenvalue weighted by Gasteiger charge is 2.23. The molecule has 0 N–H and O–H groups in total. The summed E-state index contributed by atoms with van der Waals surface area (Å²) in [7, 11) is 0. The molecule has 1 amide bonds. The molecule has 1 heterocycles. The molecular weight excluding hydrogens is 385 g/mol. The van der Waals surface area contributed by atoms with Crippen molar-refractivity contribution >= 4 is 16.9 Å². The molecule has 3 rings (SSSR count). The van der Waals surface area contributed by atoms with Crippen molar-refractivity contribution in [3.63, 3.8) is 0 Å². The van der Waals surface area contributed by atoms with Gasteiger partial charge in [0.05, 0.1) is 5.39 Å². The van der Waals surface area contributed by atoms with E-state index >= 15 is 0 Å². The van der Waals surface area contributed by atoms with Gasteiger partial charge in [-0.3, -0.25) is 4.79 Å². The second kappa shape index (κ2) is 9.11. The minimum atomic E-state index is -0.713. The van der Waals surface area contributed by atoms with Gasteiger partial charge >= 0.3 is 5.63 Å². The first-order valence-corrected chi connectivity index (χ1v) is 10.1. The SMILES string of the molecule is CCCN(CC)C(=O)C(C)Oc1cc(C)cc2oc(=O)cc(-c3ccc(F)cc3)c12. The third-order valence-electron chi connectivity index (χ3n) is 4.95. The number of amides is 1. The van der Waals surface area contributed by atoms with Crippen molar-refractivity contribution in [3.05, 3.63) is 64.3 Å². The van der Waals surface area contributed by atoms with E-state index in [1.54, 1.807) is 30.0 Å². The van der Waals surface area contributed by atoms with Crippen molar-refractivity contribution in [2.45, 2.75) is 40.2 Å². The topological polar surface area (TPSA) is 59.8 Å². The summed E-state index contributed by atoms with van der Waals surface area (Å²) in [4.78, 5) is 26.7. The Labute approximate surface area is 175 Å². The molecule has 0 saturated heterocycles. The van der Waals surface area contributed by atoms with Gasteiger partial charge in [-0.2, -0.15) is 0 Å². The fraction of sp³-hybridized carbons (Fsp3) is 0.333. The van der Waals surface area contributed by atoms with E-state index in [4.69, 9.17) is 9.15 Å². The van der Waals surface area contributed by atoms with Gasteiger partial charge in [0.1, 0.15) is 17.1 Å². The Hall–Kier alpha value is -3.15. The van der Waals surface area contributed by atoms with Crippen molar-refractivity contribution in [3.8, 4) is 16.9 Å². The number of hydrogen-bond donors (Lipinski definition) is 0. The lowest BCUT2D eigenvalue weighted by Crippen LogP contribution is -2.40. The third kappa shape index (κ3) is 4.53. The molecule has 1 unspecified atom stereocenters. The standard InChI is InChI=1S/C24H26FNO4/c1-5-11-26(6-2)24(28)16(4)29-20-12-15(3)13-21-23(20)19(14-22(27)30-21)17-7-9-18(25)10-8-17/h7-10,12-14,16H,5-6,11H2,1-4H3. The molecule has 0 aliphatic rings. The predicted octanol–water partition coefficient (Wildman–Crippen LogP) is 4.93. The highest BCUT2D eigenvalue weighted by atomic mass is 19.1. The van der Waals surface area contributed by atoms with E-state index in [-0.39, 0.29) is 11.7 Å². The maximum absolute atomic E-state index is 13.4. The van der Waals surface area contributed by atoms with Crippen LogP contribution in [0.4, 0.5) is 4.39 Å². The van der Waals surface area contributed by atoms with Crippen LogP contribution in [0.3, 0.4) is 0 Å². The average molecular weight is 411 g/mol. The van der Waals surface area contributed by atoms with Crippen LogP contribution in [0.1, 0.15) is 32.8 Å². The summed E-state index contributed by atoms with van der Waals surface area (Å²) < 4.78 is 24.9. The van der Waals surface area contributed by atoms with Crippen LogP contribution < -0.4 is 10.4 Å². The van der Waals surface area contributed by atoms with E-state index in [0.29, 0.717) is 40.9 Å². The van der Waals surface area contributed by atoms with Crippen LogP contribution in [0.5, 0.6) is 5.75 Å². The molecule has 0 aliphatic carbocycles. The summed E-state index contributed by atoms with van der Waals surface area (Å²) in [6.07, 6.45) is 0.147. The zero-order chi connectivity index (χ0) is 21.8. The van der Waals surface area contributed by atoms with E-state index in [9.17, 15) is 14.0 Å². The second-order valence-corrected chi connectivity index (χ2v) is 7.30. The van der Waals surface area contributed by atoms with Gasteiger partial charge < -0.3 is 14.1 Å². The Balaban J connectivity index is 2.11. The van der Waals surface area contributed by atoms with Gasteiger partial charge in [-0.15, -0.1) is 0 Å². The van der Waals surface area contributed by atoms with Crippen LogP contribution in [0.25, 0.3) is 22.1 Å². The highest BCUT2D eigenvalue weighted by molar-refractivity contribution is 5.98. The first-order valence-electron chi connectivity index (χ1n) is 10.1. The highest BCUT2D eigenvalue weighted by Crippen LogP contribution is 2.36. The zero-order valence-corrected chi connectivity index (χ0v) is 17.7. The minimum absolute atomic E-state index is 0.102. The normalized spacial score (nSPS) is 12.0. The Bertz CT molecular complexity index is 1100. The average Bonchev–Trinajstić information content (AvgIpc) is 2.71. The Morgan fingerprint density at radius 3 is 2.50 bits per heavy atom. The van der Waals surface area contributed by atoms with Crippen molar-refractivity contribution in [1.82, 2.24) is 4.90 Å². The minimum Gasteiger partial charge on any atom is -0.480 e. The summed E-state index contributed by atoms with van der Waals surface area (Å²) in [5.41, 5.74) is 1.90. The lowest BCUT2D eigenvalue weighted by atomic mass is 10.00. The molecule has 0 spiro atoms. The molecule has 0 radical (unpaired) electrons. The maximum atomic E-state index is 13.4. The van der Waals surface area contributed by atoms with E-state index in [1.165, 1.54) is 18.2 Å². The molecular formula is C24H26FNO4. The van der Waals surface area contributed by atoms with E-state index in [0.717, 1.165) is 12.0 Å². The third-order valence-corrected chi connectivity index (χ3v) is 4.95. The molecule has 0 fully saturated rings. The quantitative estimate of drug-likeness (QED) is 0.517. The number of likely N-dealkylation sites (N-methyl/N-ethyl adjacent to an activating group) is 1. The molecule has 0 aliphatic heterocycles. The van der Waals surface area contributed by atoms with E-state index in [2.05, 4.69) is 0 Å². The number of fused-ring (bicyclic) bond motifs is 1. The molecule has 6 heteroatoms. The van der Waals surface area contributed by atoms with Gasteiger partial charge in [0.2, 0.25) is 0 Å². The Morgan fingerprint density at radius 2 is 1.87 bits per heavy atom. The molecule has 158 valence electrons. The summed E-state index contributed by atoms with van der Waals surface area (Å²) in [6.45, 7) is 8.79. The van der Waals surface area contributed by atoms with Gasteiger partial charge in [-0.05, 0) is 62.6 Å². The number of halogens is 1. The predicted molar refractivity (Wildman–Crippen MR) is 115 cm³/mol. The van der Waals surface area contributed by atoms with Gasteiger partial charge in [0.15, 0.2) is 6.10 Å². The molecule has 0 bridgehead atoms. The molecule has 3 aromatic rings. The lowest BCUT2D eigenvalue weighted by Gasteiger charge is -2.25. The smallest absolute Gasteiger partial charge is 0.336 e. The molecule has 1 aromatic heterocycles. The van der Waals surface area contributed by atoms with E-state index in [1.807, 2.05) is 26.8 Å². The van der Waals surface area contributed by atoms with Gasteiger partial charge in [-0.1, -0.05) is 19.1 Å². The maximum Gasteiger partial charge on any atom is 0.336 e. The van der Waals surface area contributed by atoms with Crippen LogP contribution in [-0.4, -0.2) is 30.0 Å². The summed E-state index contributed by atoms with van der Waals surface area (Å²) >= 11 is 0. The number of aryl methyl sites for hydroxylation is 1. The zero-order valence-electron chi connectivity index (χ0n) is 17.7. The largest absolute Gasteiger partial charge is 0.480 e. The molecule has 2 aromatic carbocycles. The number of benzene rings is 2. The van der Waals surface area contributed by atoms with Gasteiger partial charge in [0, 0.05) is 24.7 Å². The molecule has 0 saturated carbocycles. The summed E-state index contributed by atoms with van der Waals surface area (Å²) in [5.74, 6) is -0.0238. The van der Waals surface area contributed by atoms with E-state index < -0.39 is 11.7 Å². The van der Waals surface area contributed by atoms with Crippen molar-refractivity contribution in [2.24, 2.45) is 0 Å². The molecule has 5 nitrogen and oxygen atoms in total. The van der Waals surface area contributed by atoms with Crippen LogP contribution in [0.15, 0.2) is 51.7 Å². The number of ether oxygens (including phenoxy) is 1. The lowest BCUT2D eigenvalue weighted by molar-refractivity contribution is -0.137. The monoisotopic (exact) mass is 411 g/mol. The van der Waals surface area contributed by atoms with Crippen LogP contribution >= 0.6 is 0 Å². The Kier molecular flexibility index (Phi) is 6.55. The summed E-state index contributed by atoms with van der Waals surface area (Å²) in [6, 6.07) is 10.8. The fourth-order valence-corrected chi connectivity index (χ4v) is 3.54. The fourth-order valence-electron chi connectivity index (χ4n) is 3.54. The van der Waals surface area contributed by atoms with Crippen LogP contribution in [0.2, 0.25) is 0 Å².